The first-order valence-corrected chi connectivity index (χ1v) is 4.47. The average molecular weight is 228 g/mol. The summed E-state index contributed by atoms with van der Waals surface area (Å²) in [6.45, 7) is 5.34. The molecule has 0 unspecified atom stereocenters. The molecule has 7 nitrogen and oxygen atoms in total. The molecule has 0 radical (unpaired) electrons. The lowest BCUT2D eigenvalue weighted by Gasteiger charge is -2.19. The second kappa shape index (κ2) is 4.21. The molecule has 0 aliphatic carbocycles. The molecule has 16 heavy (non-hydrogen) atoms. The van der Waals surface area contributed by atoms with Crippen LogP contribution in [0.2, 0.25) is 0 Å². The summed E-state index contributed by atoms with van der Waals surface area (Å²) in [5, 5.41) is 14.4. The smallest absolute Gasteiger partial charge is 0.449 e. The number of carbonyl (C=O) groups excluding carboxylic acids is 1. The van der Waals surface area contributed by atoms with E-state index in [4.69, 9.17) is 5.11 Å². The van der Waals surface area contributed by atoms with Crippen molar-refractivity contribution >= 4 is 12.1 Å². The zero-order valence-electron chi connectivity index (χ0n) is 9.10. The number of hydrogen-bond acceptors (Lipinski definition) is 5. The van der Waals surface area contributed by atoms with Crippen LogP contribution < -0.4 is 10.1 Å². The molecule has 0 aromatic carbocycles. The highest BCUT2D eigenvalue weighted by atomic mass is 16.7. The van der Waals surface area contributed by atoms with E-state index in [0.29, 0.717) is 0 Å². The molecule has 88 valence electrons. The average Bonchev–Trinajstić information content (AvgIpc) is 2.47. The molecule has 1 rings (SSSR count). The van der Waals surface area contributed by atoms with Crippen LogP contribution in [0.25, 0.3) is 0 Å². The molecular formula is C9H12N2O5. The largest absolute Gasteiger partial charge is 0.511 e. The van der Waals surface area contributed by atoms with Crippen LogP contribution in [0.1, 0.15) is 31.3 Å². The second-order valence-electron chi connectivity index (χ2n) is 4.10. The molecule has 0 fully saturated rings. The van der Waals surface area contributed by atoms with Gasteiger partial charge in [-0.15, -0.1) is 0 Å². The number of rotatable bonds is 2. The molecule has 2 N–H and O–H groups in total. The third kappa shape index (κ3) is 3.26. The van der Waals surface area contributed by atoms with Gasteiger partial charge in [0.25, 0.3) is 5.91 Å². The Morgan fingerprint density at radius 3 is 2.62 bits per heavy atom. The molecule has 1 aromatic heterocycles. The van der Waals surface area contributed by atoms with Gasteiger partial charge in [-0.3, -0.25) is 4.79 Å². The minimum atomic E-state index is -1.53. The van der Waals surface area contributed by atoms with Crippen molar-refractivity contribution in [2.75, 3.05) is 0 Å². The molecule has 0 aliphatic heterocycles. The van der Waals surface area contributed by atoms with Crippen LogP contribution in [0, 0.1) is 0 Å². The fraction of sp³-hybridized carbons (Fsp3) is 0.444. The van der Waals surface area contributed by atoms with E-state index in [2.05, 4.69) is 19.7 Å². The summed E-state index contributed by atoms with van der Waals surface area (Å²) in [4.78, 5) is 21.9. The maximum absolute atomic E-state index is 11.6. The molecule has 1 amide bonds. The molecule has 0 saturated heterocycles. The molecule has 7 heteroatoms. The summed E-state index contributed by atoms with van der Waals surface area (Å²) in [7, 11) is 0. The van der Waals surface area contributed by atoms with E-state index in [1.165, 1.54) is 0 Å². The first kappa shape index (κ1) is 12.0. The van der Waals surface area contributed by atoms with E-state index in [1.807, 2.05) is 0 Å². The fourth-order valence-electron chi connectivity index (χ4n) is 0.947. The predicted molar refractivity (Wildman–Crippen MR) is 52.4 cm³/mol. The number of carbonyl (C=O) groups is 2. The second-order valence-corrected chi connectivity index (χ2v) is 4.10. The Bertz CT molecular complexity index is 404. The number of ether oxygens (including phenoxy) is 1. The molecule has 0 bridgehead atoms. The summed E-state index contributed by atoms with van der Waals surface area (Å²) < 4.78 is 8.80. The van der Waals surface area contributed by atoms with Crippen LogP contribution in [-0.2, 0) is 0 Å². The van der Waals surface area contributed by atoms with E-state index >= 15 is 0 Å². The van der Waals surface area contributed by atoms with Crippen LogP contribution in [-0.4, -0.2) is 27.9 Å². The normalized spacial score (nSPS) is 10.9. The van der Waals surface area contributed by atoms with Crippen LogP contribution in [0.15, 0.2) is 10.8 Å². The topological polar surface area (TPSA) is 102 Å². The molecule has 0 spiro atoms. The zero-order chi connectivity index (χ0) is 12.3. The Balaban J connectivity index is 2.84. The highest BCUT2D eigenvalue weighted by Gasteiger charge is 2.23. The van der Waals surface area contributed by atoms with Crippen molar-refractivity contribution < 1.29 is 24.0 Å². The van der Waals surface area contributed by atoms with Gasteiger partial charge >= 0.3 is 6.16 Å². The van der Waals surface area contributed by atoms with Crippen LogP contribution in [0.4, 0.5) is 4.79 Å². The maximum Gasteiger partial charge on any atom is 0.511 e. The molecule has 0 saturated carbocycles. The predicted octanol–water partition coefficient (Wildman–Crippen LogP) is 1.26. The SMILES string of the molecule is CC(C)(C)NC(=O)c1nocc1OC(=O)O. The van der Waals surface area contributed by atoms with E-state index in [1.54, 1.807) is 20.8 Å². The van der Waals surface area contributed by atoms with Crippen molar-refractivity contribution in [1.82, 2.24) is 10.5 Å². The summed E-state index contributed by atoms with van der Waals surface area (Å²) in [5.74, 6) is -0.785. The van der Waals surface area contributed by atoms with Gasteiger partial charge in [0.2, 0.25) is 11.4 Å². The zero-order valence-corrected chi connectivity index (χ0v) is 9.10. The molecular weight excluding hydrogens is 216 g/mol. The first-order chi connectivity index (χ1) is 7.29. The third-order valence-electron chi connectivity index (χ3n) is 1.44. The Morgan fingerprint density at radius 1 is 1.50 bits per heavy atom. The lowest BCUT2D eigenvalue weighted by atomic mass is 10.1. The number of aromatic nitrogens is 1. The van der Waals surface area contributed by atoms with E-state index in [9.17, 15) is 9.59 Å². The van der Waals surface area contributed by atoms with Crippen molar-refractivity contribution in [1.29, 1.82) is 0 Å². The lowest BCUT2D eigenvalue weighted by Crippen LogP contribution is -2.40. The fourth-order valence-corrected chi connectivity index (χ4v) is 0.947. The monoisotopic (exact) mass is 228 g/mol. The number of nitrogens with one attached hydrogen (secondary N) is 1. The molecule has 0 aliphatic rings. The van der Waals surface area contributed by atoms with Crippen molar-refractivity contribution in [2.24, 2.45) is 0 Å². The van der Waals surface area contributed by atoms with Crippen molar-refractivity contribution in [3.63, 3.8) is 0 Å². The van der Waals surface area contributed by atoms with Gasteiger partial charge in [-0.1, -0.05) is 5.16 Å². The minimum absolute atomic E-state index is 0.197. The number of amides is 1. The van der Waals surface area contributed by atoms with E-state index < -0.39 is 17.6 Å². The van der Waals surface area contributed by atoms with Gasteiger partial charge < -0.3 is 19.7 Å². The van der Waals surface area contributed by atoms with Crippen molar-refractivity contribution in [2.45, 2.75) is 26.3 Å². The van der Waals surface area contributed by atoms with E-state index in [-0.39, 0.29) is 11.4 Å². The highest BCUT2D eigenvalue weighted by Crippen LogP contribution is 2.17. The van der Waals surface area contributed by atoms with Gasteiger partial charge in [0.1, 0.15) is 0 Å². The minimum Gasteiger partial charge on any atom is -0.449 e. The van der Waals surface area contributed by atoms with Gasteiger partial charge in [0.15, 0.2) is 6.26 Å². The molecule has 0 atom stereocenters. The Labute approximate surface area is 91.4 Å². The third-order valence-corrected chi connectivity index (χ3v) is 1.44. The van der Waals surface area contributed by atoms with Gasteiger partial charge in [-0.2, -0.15) is 0 Å². The van der Waals surface area contributed by atoms with Gasteiger partial charge in [0, 0.05) is 5.54 Å². The molecule has 1 heterocycles. The van der Waals surface area contributed by atoms with Gasteiger partial charge in [0.05, 0.1) is 0 Å². The number of hydrogen-bond donors (Lipinski definition) is 2. The summed E-state index contributed by atoms with van der Waals surface area (Å²) >= 11 is 0. The Hall–Kier alpha value is -2.05. The summed E-state index contributed by atoms with van der Waals surface area (Å²) in [5.41, 5.74) is -0.659. The number of nitrogens with zero attached hydrogens (tertiary/aromatic N) is 1. The molecule has 1 aromatic rings. The summed E-state index contributed by atoms with van der Waals surface area (Å²) in [6.07, 6.45) is -0.584. The van der Waals surface area contributed by atoms with Crippen molar-refractivity contribution in [3.8, 4) is 5.75 Å². The van der Waals surface area contributed by atoms with Crippen LogP contribution in [0.3, 0.4) is 0 Å². The highest BCUT2D eigenvalue weighted by molar-refractivity contribution is 5.95. The van der Waals surface area contributed by atoms with Crippen LogP contribution in [0.5, 0.6) is 5.75 Å². The quantitative estimate of drug-likeness (QED) is 0.739. The van der Waals surface area contributed by atoms with E-state index in [0.717, 1.165) is 6.26 Å². The Morgan fingerprint density at radius 2 is 2.12 bits per heavy atom. The maximum atomic E-state index is 11.6. The summed E-state index contributed by atoms with van der Waals surface area (Å²) in [6, 6.07) is 0. The van der Waals surface area contributed by atoms with Gasteiger partial charge in [-0.05, 0) is 20.8 Å². The van der Waals surface area contributed by atoms with Gasteiger partial charge in [-0.25, -0.2) is 4.79 Å². The first-order valence-electron chi connectivity index (χ1n) is 4.47. The standard InChI is InChI=1S/C9H12N2O5/c1-9(2,3)10-7(12)6-5(4-15-11-6)16-8(13)14/h4H,1-3H3,(H,10,12)(H,13,14). The van der Waals surface area contributed by atoms with Crippen LogP contribution >= 0.6 is 0 Å². The lowest BCUT2D eigenvalue weighted by molar-refractivity contribution is 0.0907. The van der Waals surface area contributed by atoms with Crippen molar-refractivity contribution in [3.05, 3.63) is 12.0 Å². The Kier molecular flexibility index (Phi) is 3.17. The number of carboxylic acid groups (broad SMARTS) is 1.